The van der Waals surface area contributed by atoms with Crippen LogP contribution in [0.1, 0.15) is 16.8 Å². The second-order valence-electron chi connectivity index (χ2n) is 4.60. The Kier molecular flexibility index (Phi) is 3.76. The Morgan fingerprint density at radius 1 is 1.56 bits per heavy atom. The highest BCUT2D eigenvalue weighted by Crippen LogP contribution is 2.23. The third-order valence-corrected chi connectivity index (χ3v) is 3.29. The Morgan fingerprint density at radius 3 is 2.94 bits per heavy atom. The van der Waals surface area contributed by atoms with E-state index in [9.17, 15) is 4.79 Å². The molecule has 0 aliphatic carbocycles. The van der Waals surface area contributed by atoms with Gasteiger partial charge in [0.2, 0.25) is 0 Å². The lowest BCUT2D eigenvalue weighted by molar-refractivity contribution is 0.0600. The molecule has 1 aliphatic heterocycles. The Balaban J connectivity index is 2.22. The fraction of sp³-hybridized carbons (Fsp3) is 0.583. The predicted octanol–water partition coefficient (Wildman–Crippen LogP) is 0.403. The van der Waals surface area contributed by atoms with Crippen molar-refractivity contribution >= 4 is 11.8 Å². The molecule has 0 aromatic carbocycles. The van der Waals surface area contributed by atoms with E-state index in [0.717, 1.165) is 19.5 Å². The summed E-state index contributed by atoms with van der Waals surface area (Å²) in [4.78, 5) is 24.1. The van der Waals surface area contributed by atoms with Gasteiger partial charge in [-0.25, -0.2) is 14.8 Å². The van der Waals surface area contributed by atoms with E-state index in [1.54, 1.807) is 0 Å². The van der Waals surface area contributed by atoms with Gasteiger partial charge in [0.25, 0.3) is 0 Å². The maximum absolute atomic E-state index is 11.7. The number of aromatic nitrogens is 2. The van der Waals surface area contributed by atoms with Gasteiger partial charge in [0, 0.05) is 25.3 Å². The minimum Gasteiger partial charge on any atom is -0.465 e. The van der Waals surface area contributed by atoms with Crippen molar-refractivity contribution in [3.05, 3.63) is 18.1 Å². The van der Waals surface area contributed by atoms with Gasteiger partial charge in [0.1, 0.15) is 17.7 Å². The van der Waals surface area contributed by atoms with E-state index >= 15 is 0 Å². The van der Waals surface area contributed by atoms with Crippen LogP contribution in [0.3, 0.4) is 0 Å². The molecule has 1 aromatic rings. The third-order valence-electron chi connectivity index (χ3n) is 3.29. The zero-order chi connectivity index (χ0) is 13.1. The first-order valence-corrected chi connectivity index (χ1v) is 5.93. The van der Waals surface area contributed by atoms with Crippen molar-refractivity contribution in [3.63, 3.8) is 0 Å². The molecule has 6 heteroatoms. The van der Waals surface area contributed by atoms with E-state index < -0.39 is 0 Å². The van der Waals surface area contributed by atoms with Gasteiger partial charge in [-0.3, -0.25) is 0 Å². The number of methoxy groups -OCH3 is 1. The summed E-state index contributed by atoms with van der Waals surface area (Å²) in [6.45, 7) is 1.76. The first kappa shape index (κ1) is 12.8. The Hall–Kier alpha value is -1.69. The summed E-state index contributed by atoms with van der Waals surface area (Å²) >= 11 is 0. The summed E-state index contributed by atoms with van der Waals surface area (Å²) in [6, 6.07) is 0.491. The number of anilines is 1. The van der Waals surface area contributed by atoms with Crippen molar-refractivity contribution in [2.75, 3.05) is 39.2 Å². The summed E-state index contributed by atoms with van der Waals surface area (Å²) in [5.74, 6) is 0.278. The van der Waals surface area contributed by atoms with Crippen molar-refractivity contribution < 1.29 is 9.53 Å². The molecule has 1 atom stereocenters. The number of esters is 1. The van der Waals surface area contributed by atoms with E-state index in [-0.39, 0.29) is 5.97 Å². The average molecular weight is 250 g/mol. The second-order valence-corrected chi connectivity index (χ2v) is 4.60. The fourth-order valence-electron chi connectivity index (χ4n) is 2.18. The molecule has 0 amide bonds. The molecule has 0 N–H and O–H groups in total. The highest BCUT2D eigenvalue weighted by molar-refractivity contribution is 5.94. The molecule has 98 valence electrons. The van der Waals surface area contributed by atoms with E-state index in [2.05, 4.69) is 33.9 Å². The van der Waals surface area contributed by atoms with Crippen LogP contribution in [0.4, 0.5) is 5.82 Å². The molecule has 0 spiro atoms. The quantitative estimate of drug-likeness (QED) is 0.724. The molecule has 0 radical (unpaired) electrons. The summed E-state index contributed by atoms with van der Waals surface area (Å²) in [7, 11) is 5.50. The summed E-state index contributed by atoms with van der Waals surface area (Å²) < 4.78 is 4.75. The molecular formula is C12H18N4O2. The van der Waals surface area contributed by atoms with Crippen LogP contribution in [0.25, 0.3) is 0 Å². The molecule has 18 heavy (non-hydrogen) atoms. The van der Waals surface area contributed by atoms with Crippen LogP contribution in [0.5, 0.6) is 0 Å². The maximum atomic E-state index is 11.7. The number of ether oxygens (including phenoxy) is 1. The Morgan fingerprint density at radius 2 is 2.33 bits per heavy atom. The Labute approximate surface area is 107 Å². The molecule has 0 bridgehead atoms. The second kappa shape index (κ2) is 5.30. The summed E-state index contributed by atoms with van der Waals surface area (Å²) in [5, 5.41) is 0. The largest absolute Gasteiger partial charge is 0.465 e. The number of rotatable bonds is 3. The molecule has 2 rings (SSSR count). The van der Waals surface area contributed by atoms with Gasteiger partial charge in [0.05, 0.1) is 7.11 Å². The number of likely N-dealkylation sites (N-methyl/N-ethyl adjacent to an activating group) is 1. The lowest BCUT2D eigenvalue weighted by Crippen LogP contribution is -2.32. The first-order chi connectivity index (χ1) is 8.63. The number of hydrogen-bond donors (Lipinski definition) is 0. The van der Waals surface area contributed by atoms with Crippen LogP contribution in [0, 0.1) is 0 Å². The van der Waals surface area contributed by atoms with Gasteiger partial charge in [-0.05, 0) is 20.5 Å². The monoisotopic (exact) mass is 250 g/mol. The lowest BCUT2D eigenvalue weighted by Gasteiger charge is -2.22. The smallest absolute Gasteiger partial charge is 0.343 e. The Bertz CT molecular complexity index is 436. The number of nitrogens with zero attached hydrogens (tertiary/aromatic N) is 4. The van der Waals surface area contributed by atoms with Crippen LogP contribution in [-0.4, -0.2) is 61.2 Å². The van der Waals surface area contributed by atoms with Gasteiger partial charge in [0.15, 0.2) is 0 Å². The van der Waals surface area contributed by atoms with E-state index in [1.807, 2.05) is 0 Å². The molecule has 0 saturated carbocycles. The number of carbonyl (C=O) groups is 1. The van der Waals surface area contributed by atoms with E-state index in [4.69, 9.17) is 4.74 Å². The van der Waals surface area contributed by atoms with Crippen molar-refractivity contribution in [2.45, 2.75) is 12.5 Å². The van der Waals surface area contributed by atoms with Gasteiger partial charge >= 0.3 is 5.97 Å². The zero-order valence-corrected chi connectivity index (χ0v) is 11.0. The fourth-order valence-corrected chi connectivity index (χ4v) is 2.18. The van der Waals surface area contributed by atoms with Gasteiger partial charge in [-0.2, -0.15) is 0 Å². The summed E-state index contributed by atoms with van der Waals surface area (Å²) in [5.41, 5.74) is 0.430. The minimum absolute atomic E-state index is 0.390. The molecule has 2 heterocycles. The standard InChI is InChI=1S/C12H18N4O2/c1-15(2)9-4-5-16(7-9)11-10(12(17)18-3)6-13-8-14-11/h6,8-9H,4-5,7H2,1-3H3. The third kappa shape index (κ3) is 2.43. The van der Waals surface area contributed by atoms with Crippen molar-refractivity contribution in [2.24, 2.45) is 0 Å². The van der Waals surface area contributed by atoms with Crippen LogP contribution >= 0.6 is 0 Å². The minimum atomic E-state index is -0.390. The zero-order valence-electron chi connectivity index (χ0n) is 11.0. The molecular weight excluding hydrogens is 232 g/mol. The van der Waals surface area contributed by atoms with Crippen molar-refractivity contribution in [1.29, 1.82) is 0 Å². The molecule has 1 fully saturated rings. The molecule has 1 saturated heterocycles. The van der Waals surface area contributed by atoms with Crippen LogP contribution in [0.2, 0.25) is 0 Å². The predicted molar refractivity (Wildman–Crippen MR) is 67.7 cm³/mol. The van der Waals surface area contributed by atoms with E-state index in [1.165, 1.54) is 19.6 Å². The summed E-state index contributed by atoms with van der Waals surface area (Å²) in [6.07, 6.45) is 4.04. The number of hydrogen-bond acceptors (Lipinski definition) is 6. The molecule has 1 unspecified atom stereocenters. The first-order valence-electron chi connectivity index (χ1n) is 5.93. The van der Waals surface area contributed by atoms with Crippen molar-refractivity contribution in [1.82, 2.24) is 14.9 Å². The lowest BCUT2D eigenvalue weighted by atomic mass is 10.2. The van der Waals surface area contributed by atoms with Gasteiger partial charge in [-0.15, -0.1) is 0 Å². The highest BCUT2D eigenvalue weighted by Gasteiger charge is 2.28. The highest BCUT2D eigenvalue weighted by atomic mass is 16.5. The van der Waals surface area contributed by atoms with Gasteiger partial charge < -0.3 is 14.5 Å². The van der Waals surface area contributed by atoms with Crippen LogP contribution in [0.15, 0.2) is 12.5 Å². The van der Waals surface area contributed by atoms with E-state index in [0.29, 0.717) is 17.4 Å². The molecule has 1 aliphatic rings. The molecule has 6 nitrogen and oxygen atoms in total. The average Bonchev–Trinajstić information content (AvgIpc) is 2.87. The maximum Gasteiger partial charge on any atom is 0.343 e. The topological polar surface area (TPSA) is 58.6 Å². The van der Waals surface area contributed by atoms with Crippen molar-refractivity contribution in [3.8, 4) is 0 Å². The van der Waals surface area contributed by atoms with Crippen LogP contribution in [-0.2, 0) is 4.74 Å². The van der Waals surface area contributed by atoms with Gasteiger partial charge in [-0.1, -0.05) is 0 Å². The normalized spacial score (nSPS) is 19.3. The SMILES string of the molecule is COC(=O)c1cncnc1N1CCC(N(C)C)C1. The molecule has 1 aromatic heterocycles. The number of carbonyl (C=O) groups excluding carboxylic acids is 1. The van der Waals surface area contributed by atoms with Crippen LogP contribution < -0.4 is 4.90 Å².